The first kappa shape index (κ1) is 23.9. The van der Waals surface area contributed by atoms with E-state index in [2.05, 4.69) is 11.0 Å². The van der Waals surface area contributed by atoms with Crippen LogP contribution in [-0.2, 0) is 6.54 Å². The molecule has 6 rings (SSSR count). The average Bonchev–Trinajstić information content (AvgIpc) is 3.56. The standard InChI is InChI=1S/C28H24Cl2N4O3/c29-20-4-3-5-21(15-20)34-25(16-24(31-34)22-6-1-2-7-23(22)30)28(35)33-12-10-32(11-13-33)17-19-8-9-26-27(14-19)37-18-36-26/h1-9,14-16H,10-13,17-18H2. The van der Waals surface area contributed by atoms with Crippen LogP contribution in [0.15, 0.2) is 72.8 Å². The van der Waals surface area contributed by atoms with Crippen LogP contribution in [0.2, 0.25) is 10.0 Å². The minimum atomic E-state index is -0.0755. The molecule has 0 atom stereocenters. The Morgan fingerprint density at radius 1 is 0.865 bits per heavy atom. The highest BCUT2D eigenvalue weighted by atomic mass is 35.5. The Labute approximate surface area is 224 Å². The number of fused-ring (bicyclic) bond motifs is 1. The molecule has 9 heteroatoms. The SMILES string of the molecule is O=C(c1cc(-c2ccccc2Cl)nn1-c1cccc(Cl)c1)N1CCN(Cc2ccc3c(c2)OCO3)CC1. The minimum absolute atomic E-state index is 0.0755. The summed E-state index contributed by atoms with van der Waals surface area (Å²) in [7, 11) is 0. The maximum atomic E-state index is 13.8. The molecule has 0 N–H and O–H groups in total. The fraction of sp³-hybridized carbons (Fsp3) is 0.214. The third kappa shape index (κ3) is 4.90. The molecule has 1 aromatic heterocycles. The Bertz CT molecular complexity index is 1460. The first-order valence-electron chi connectivity index (χ1n) is 12.1. The van der Waals surface area contributed by atoms with Gasteiger partial charge in [0.2, 0.25) is 6.79 Å². The van der Waals surface area contributed by atoms with E-state index in [4.69, 9.17) is 37.8 Å². The number of benzene rings is 3. The molecule has 0 spiro atoms. The van der Waals surface area contributed by atoms with Gasteiger partial charge in [-0.1, -0.05) is 53.5 Å². The molecule has 37 heavy (non-hydrogen) atoms. The molecule has 1 saturated heterocycles. The third-order valence-corrected chi connectivity index (χ3v) is 7.20. The van der Waals surface area contributed by atoms with Crippen LogP contribution in [0.4, 0.5) is 0 Å². The van der Waals surface area contributed by atoms with Gasteiger partial charge in [-0.05, 0) is 48.0 Å². The molecule has 0 unspecified atom stereocenters. The maximum Gasteiger partial charge on any atom is 0.272 e. The molecular weight excluding hydrogens is 511 g/mol. The molecule has 188 valence electrons. The number of amides is 1. The fourth-order valence-electron chi connectivity index (χ4n) is 4.71. The smallest absolute Gasteiger partial charge is 0.272 e. The van der Waals surface area contributed by atoms with Gasteiger partial charge in [0.25, 0.3) is 5.91 Å². The first-order chi connectivity index (χ1) is 18.0. The van der Waals surface area contributed by atoms with Crippen molar-refractivity contribution >= 4 is 29.1 Å². The fourth-order valence-corrected chi connectivity index (χ4v) is 5.12. The van der Waals surface area contributed by atoms with Crippen LogP contribution >= 0.6 is 23.2 Å². The molecule has 0 saturated carbocycles. The highest BCUT2D eigenvalue weighted by Gasteiger charge is 2.27. The summed E-state index contributed by atoms with van der Waals surface area (Å²) in [6.07, 6.45) is 0. The van der Waals surface area contributed by atoms with Gasteiger partial charge in [0, 0.05) is 43.3 Å². The topological polar surface area (TPSA) is 59.8 Å². The summed E-state index contributed by atoms with van der Waals surface area (Å²) in [6, 6.07) is 22.7. The van der Waals surface area contributed by atoms with Gasteiger partial charge >= 0.3 is 0 Å². The number of hydrogen-bond acceptors (Lipinski definition) is 5. The molecular formula is C28H24Cl2N4O3. The van der Waals surface area contributed by atoms with Gasteiger partial charge in [-0.3, -0.25) is 9.69 Å². The third-order valence-electron chi connectivity index (χ3n) is 6.63. The van der Waals surface area contributed by atoms with Crippen molar-refractivity contribution in [3.8, 4) is 28.4 Å². The molecule has 2 aliphatic rings. The monoisotopic (exact) mass is 534 g/mol. The van der Waals surface area contributed by atoms with Crippen molar-refractivity contribution in [2.45, 2.75) is 6.54 Å². The van der Waals surface area contributed by atoms with Crippen LogP contribution in [0.5, 0.6) is 11.5 Å². The van der Waals surface area contributed by atoms with Crippen LogP contribution in [0.1, 0.15) is 16.1 Å². The zero-order valence-electron chi connectivity index (χ0n) is 19.9. The van der Waals surface area contributed by atoms with Crippen LogP contribution in [-0.4, -0.2) is 58.5 Å². The zero-order chi connectivity index (χ0) is 25.4. The number of carbonyl (C=O) groups is 1. The van der Waals surface area contributed by atoms with E-state index in [1.54, 1.807) is 16.8 Å². The zero-order valence-corrected chi connectivity index (χ0v) is 21.5. The normalized spacial score (nSPS) is 15.2. The van der Waals surface area contributed by atoms with Crippen molar-refractivity contribution in [2.75, 3.05) is 33.0 Å². The Kier molecular flexibility index (Phi) is 6.50. The van der Waals surface area contributed by atoms with Gasteiger partial charge in [0.1, 0.15) is 5.69 Å². The van der Waals surface area contributed by atoms with Gasteiger partial charge in [0.15, 0.2) is 11.5 Å². The van der Waals surface area contributed by atoms with Crippen molar-refractivity contribution in [1.82, 2.24) is 19.6 Å². The van der Waals surface area contributed by atoms with Gasteiger partial charge < -0.3 is 14.4 Å². The van der Waals surface area contributed by atoms with E-state index in [1.165, 1.54) is 0 Å². The molecule has 0 aliphatic carbocycles. The second-order valence-corrected chi connectivity index (χ2v) is 9.89. The number of nitrogens with zero attached hydrogens (tertiary/aromatic N) is 4. The lowest BCUT2D eigenvalue weighted by Crippen LogP contribution is -2.48. The first-order valence-corrected chi connectivity index (χ1v) is 12.8. The molecule has 1 amide bonds. The van der Waals surface area contributed by atoms with Crippen molar-refractivity contribution < 1.29 is 14.3 Å². The van der Waals surface area contributed by atoms with E-state index in [-0.39, 0.29) is 12.7 Å². The number of aromatic nitrogens is 2. The largest absolute Gasteiger partial charge is 0.454 e. The lowest BCUT2D eigenvalue weighted by molar-refractivity contribution is 0.0619. The minimum Gasteiger partial charge on any atom is -0.454 e. The quantitative estimate of drug-likeness (QED) is 0.336. The van der Waals surface area contributed by atoms with Gasteiger partial charge in [-0.2, -0.15) is 5.10 Å². The predicted molar refractivity (Wildman–Crippen MR) is 143 cm³/mol. The van der Waals surface area contributed by atoms with E-state index < -0.39 is 0 Å². The van der Waals surface area contributed by atoms with Crippen molar-refractivity contribution in [3.05, 3.63) is 94.1 Å². The van der Waals surface area contributed by atoms with E-state index in [9.17, 15) is 4.79 Å². The Balaban J connectivity index is 1.22. The molecule has 4 aromatic rings. The molecule has 0 bridgehead atoms. The summed E-state index contributed by atoms with van der Waals surface area (Å²) < 4.78 is 12.6. The average molecular weight is 535 g/mol. The summed E-state index contributed by atoms with van der Waals surface area (Å²) in [6.45, 7) is 3.82. The van der Waals surface area contributed by atoms with Crippen LogP contribution < -0.4 is 9.47 Å². The second kappa shape index (κ2) is 10.1. The van der Waals surface area contributed by atoms with Gasteiger partial charge in [-0.15, -0.1) is 0 Å². The van der Waals surface area contributed by atoms with E-state index in [1.807, 2.05) is 59.5 Å². The van der Waals surface area contributed by atoms with Crippen molar-refractivity contribution in [2.24, 2.45) is 0 Å². The number of rotatable bonds is 5. The van der Waals surface area contributed by atoms with Gasteiger partial charge in [0.05, 0.1) is 16.4 Å². The predicted octanol–water partition coefficient (Wildman–Crippen LogP) is 5.53. The summed E-state index contributed by atoms with van der Waals surface area (Å²) in [5.41, 5.74) is 3.76. The number of hydrogen-bond donors (Lipinski definition) is 0. The molecule has 1 fully saturated rings. The van der Waals surface area contributed by atoms with Gasteiger partial charge in [-0.25, -0.2) is 4.68 Å². The summed E-state index contributed by atoms with van der Waals surface area (Å²) >= 11 is 12.7. The Morgan fingerprint density at radius 3 is 2.49 bits per heavy atom. The second-order valence-electron chi connectivity index (χ2n) is 9.04. The highest BCUT2D eigenvalue weighted by Crippen LogP contribution is 2.33. The maximum absolute atomic E-state index is 13.8. The number of piperazine rings is 1. The molecule has 7 nitrogen and oxygen atoms in total. The number of halogens is 2. The van der Waals surface area contributed by atoms with E-state index in [0.29, 0.717) is 34.5 Å². The van der Waals surface area contributed by atoms with E-state index >= 15 is 0 Å². The van der Waals surface area contributed by atoms with Crippen LogP contribution in [0, 0.1) is 0 Å². The Hall–Kier alpha value is -3.52. The van der Waals surface area contributed by atoms with Crippen molar-refractivity contribution in [1.29, 1.82) is 0 Å². The molecule has 0 radical (unpaired) electrons. The van der Waals surface area contributed by atoms with E-state index in [0.717, 1.165) is 47.9 Å². The summed E-state index contributed by atoms with van der Waals surface area (Å²) in [4.78, 5) is 18.0. The number of carbonyl (C=O) groups excluding carboxylic acids is 1. The van der Waals surface area contributed by atoms with Crippen LogP contribution in [0.3, 0.4) is 0 Å². The number of ether oxygens (including phenoxy) is 2. The lowest BCUT2D eigenvalue weighted by atomic mass is 10.1. The molecule has 2 aliphatic heterocycles. The highest BCUT2D eigenvalue weighted by molar-refractivity contribution is 6.33. The van der Waals surface area contributed by atoms with Crippen LogP contribution in [0.25, 0.3) is 16.9 Å². The molecule has 3 aromatic carbocycles. The summed E-state index contributed by atoms with van der Waals surface area (Å²) in [5, 5.41) is 5.91. The van der Waals surface area contributed by atoms with Crippen molar-refractivity contribution in [3.63, 3.8) is 0 Å². The molecule has 3 heterocycles. The summed E-state index contributed by atoms with van der Waals surface area (Å²) in [5.74, 6) is 1.50. The lowest BCUT2D eigenvalue weighted by Gasteiger charge is -2.34. The Morgan fingerprint density at radius 2 is 1.68 bits per heavy atom.